The van der Waals surface area contributed by atoms with Crippen LogP contribution in [0.2, 0.25) is 0 Å². The van der Waals surface area contributed by atoms with Crippen LogP contribution in [0.25, 0.3) is 0 Å². The number of carbonyl (C=O) groups is 1. The summed E-state index contributed by atoms with van der Waals surface area (Å²) < 4.78 is 25.3. The molecule has 0 saturated heterocycles. The van der Waals surface area contributed by atoms with Gasteiger partial charge in [0.15, 0.2) is 0 Å². The van der Waals surface area contributed by atoms with E-state index < -0.39 is 10.0 Å². The van der Waals surface area contributed by atoms with Crippen LogP contribution in [-0.2, 0) is 14.8 Å². The van der Waals surface area contributed by atoms with Gasteiger partial charge < -0.3 is 5.32 Å². The van der Waals surface area contributed by atoms with Gasteiger partial charge in [0.05, 0.1) is 11.9 Å². The molecule has 6 heteroatoms. The molecule has 24 heavy (non-hydrogen) atoms. The summed E-state index contributed by atoms with van der Waals surface area (Å²) in [5.74, 6) is -0.381. The van der Waals surface area contributed by atoms with E-state index in [-0.39, 0.29) is 12.5 Å². The molecule has 0 aliphatic rings. The Hall–Kier alpha value is -2.34. The first kappa shape index (κ1) is 18.0. The molecule has 0 saturated carbocycles. The van der Waals surface area contributed by atoms with Crippen LogP contribution >= 0.6 is 0 Å². The Morgan fingerprint density at radius 1 is 1.04 bits per heavy atom. The largest absolute Gasteiger partial charge is 0.324 e. The van der Waals surface area contributed by atoms with E-state index in [1.807, 2.05) is 45.0 Å². The highest BCUT2D eigenvalue weighted by Gasteiger charge is 2.21. The lowest BCUT2D eigenvalue weighted by Gasteiger charge is -2.22. The van der Waals surface area contributed by atoms with Crippen LogP contribution in [0, 0.1) is 20.8 Å². The highest BCUT2D eigenvalue weighted by molar-refractivity contribution is 7.92. The second kappa shape index (κ2) is 7.05. The summed E-state index contributed by atoms with van der Waals surface area (Å²) in [6, 6.07) is 12.7. The van der Waals surface area contributed by atoms with Crippen molar-refractivity contribution < 1.29 is 13.2 Å². The van der Waals surface area contributed by atoms with Crippen LogP contribution in [0.3, 0.4) is 0 Å². The first-order valence-corrected chi connectivity index (χ1v) is 9.43. The van der Waals surface area contributed by atoms with Crippen molar-refractivity contribution in [2.24, 2.45) is 0 Å². The zero-order chi connectivity index (χ0) is 17.9. The monoisotopic (exact) mass is 346 g/mol. The number of carbonyl (C=O) groups excluding carboxylic acids is 1. The van der Waals surface area contributed by atoms with Crippen molar-refractivity contribution in [3.63, 3.8) is 0 Å². The molecule has 0 spiro atoms. The molecule has 0 radical (unpaired) electrons. The number of anilines is 2. The molecule has 0 aromatic heterocycles. The van der Waals surface area contributed by atoms with Gasteiger partial charge in [-0.05, 0) is 50.1 Å². The predicted molar refractivity (Wildman–Crippen MR) is 97.9 cm³/mol. The number of rotatable bonds is 5. The van der Waals surface area contributed by atoms with E-state index in [1.165, 1.54) is 0 Å². The molecule has 2 rings (SSSR count). The van der Waals surface area contributed by atoms with Crippen molar-refractivity contribution in [1.29, 1.82) is 0 Å². The number of nitrogens with zero attached hydrogens (tertiary/aromatic N) is 1. The molecule has 128 valence electrons. The number of nitrogens with one attached hydrogen (secondary N) is 1. The Labute approximate surface area is 143 Å². The third-order valence-electron chi connectivity index (χ3n) is 3.63. The average molecular weight is 346 g/mol. The van der Waals surface area contributed by atoms with Crippen LogP contribution in [0.1, 0.15) is 16.7 Å². The van der Waals surface area contributed by atoms with Gasteiger partial charge in [0.25, 0.3) is 0 Å². The maximum atomic E-state index is 12.3. The average Bonchev–Trinajstić information content (AvgIpc) is 2.46. The molecular formula is C18H22N2O3S. The standard InChI is InChI=1S/C18H22N2O3S/c1-13-6-5-7-16(11-13)20(24(4,22)23)12-18(21)19-17-9-8-14(2)10-15(17)3/h5-11H,12H2,1-4H3,(H,19,21). The van der Waals surface area contributed by atoms with Crippen molar-refractivity contribution in [3.8, 4) is 0 Å². The van der Waals surface area contributed by atoms with Crippen molar-refractivity contribution in [1.82, 2.24) is 0 Å². The van der Waals surface area contributed by atoms with Gasteiger partial charge in [-0.3, -0.25) is 9.10 Å². The van der Waals surface area contributed by atoms with Crippen LogP contribution < -0.4 is 9.62 Å². The molecule has 0 bridgehead atoms. The molecule has 0 fully saturated rings. The number of amides is 1. The van der Waals surface area contributed by atoms with Crippen molar-refractivity contribution in [2.75, 3.05) is 22.4 Å². The summed E-state index contributed by atoms with van der Waals surface area (Å²) in [6.45, 7) is 5.48. The van der Waals surface area contributed by atoms with Crippen LogP contribution in [-0.4, -0.2) is 27.1 Å². The van der Waals surface area contributed by atoms with Gasteiger partial charge in [0, 0.05) is 5.69 Å². The smallest absolute Gasteiger partial charge is 0.245 e. The lowest BCUT2D eigenvalue weighted by atomic mass is 10.1. The Morgan fingerprint density at radius 3 is 2.29 bits per heavy atom. The van der Waals surface area contributed by atoms with Crippen molar-refractivity contribution in [2.45, 2.75) is 20.8 Å². The number of sulfonamides is 1. The first-order valence-electron chi connectivity index (χ1n) is 7.58. The van der Waals surface area contributed by atoms with Crippen LogP contribution in [0.15, 0.2) is 42.5 Å². The van der Waals surface area contributed by atoms with E-state index in [9.17, 15) is 13.2 Å². The molecule has 0 aliphatic heterocycles. The van der Waals surface area contributed by atoms with Gasteiger partial charge in [-0.15, -0.1) is 0 Å². The minimum Gasteiger partial charge on any atom is -0.324 e. The Kier molecular flexibility index (Phi) is 5.29. The van der Waals surface area contributed by atoms with Gasteiger partial charge in [-0.2, -0.15) is 0 Å². The minimum absolute atomic E-state index is 0.268. The SMILES string of the molecule is Cc1cccc(N(CC(=O)Nc2ccc(C)cc2C)S(C)(=O)=O)c1. The molecule has 0 unspecified atom stereocenters. The van der Waals surface area contributed by atoms with Gasteiger partial charge in [-0.1, -0.05) is 29.8 Å². The molecule has 2 aromatic carbocycles. The predicted octanol–water partition coefficient (Wildman–Crippen LogP) is 3.02. The van der Waals surface area contributed by atoms with E-state index >= 15 is 0 Å². The molecule has 0 aliphatic carbocycles. The number of hydrogen-bond acceptors (Lipinski definition) is 3. The van der Waals surface area contributed by atoms with Gasteiger partial charge in [0.2, 0.25) is 15.9 Å². The molecule has 1 N–H and O–H groups in total. The molecule has 1 amide bonds. The van der Waals surface area contributed by atoms with Gasteiger partial charge in [-0.25, -0.2) is 8.42 Å². The van der Waals surface area contributed by atoms with E-state index in [4.69, 9.17) is 0 Å². The van der Waals surface area contributed by atoms with E-state index in [1.54, 1.807) is 18.2 Å². The fourth-order valence-electron chi connectivity index (χ4n) is 2.46. The Morgan fingerprint density at radius 2 is 1.71 bits per heavy atom. The Bertz CT molecular complexity index is 860. The third kappa shape index (κ3) is 4.58. The summed E-state index contributed by atoms with van der Waals surface area (Å²) in [4.78, 5) is 12.3. The maximum Gasteiger partial charge on any atom is 0.245 e. The lowest BCUT2D eigenvalue weighted by Crippen LogP contribution is -2.37. The number of aryl methyl sites for hydroxylation is 3. The number of benzene rings is 2. The zero-order valence-corrected chi connectivity index (χ0v) is 15.1. The lowest BCUT2D eigenvalue weighted by molar-refractivity contribution is -0.114. The summed E-state index contributed by atoms with van der Waals surface area (Å²) in [7, 11) is -3.57. The topological polar surface area (TPSA) is 66.5 Å². The fourth-order valence-corrected chi connectivity index (χ4v) is 3.31. The molecular weight excluding hydrogens is 324 g/mol. The molecule has 0 heterocycles. The normalized spacial score (nSPS) is 11.2. The molecule has 2 aromatic rings. The van der Waals surface area contributed by atoms with Crippen molar-refractivity contribution in [3.05, 3.63) is 59.2 Å². The first-order chi connectivity index (χ1) is 11.2. The minimum atomic E-state index is -3.57. The fraction of sp³-hybridized carbons (Fsp3) is 0.278. The van der Waals surface area contributed by atoms with Crippen LogP contribution in [0.5, 0.6) is 0 Å². The number of hydrogen-bond donors (Lipinski definition) is 1. The highest BCUT2D eigenvalue weighted by atomic mass is 32.2. The summed E-state index contributed by atoms with van der Waals surface area (Å²) >= 11 is 0. The van der Waals surface area contributed by atoms with Crippen LogP contribution in [0.4, 0.5) is 11.4 Å². The summed E-state index contributed by atoms with van der Waals surface area (Å²) in [6.07, 6.45) is 1.10. The third-order valence-corrected chi connectivity index (χ3v) is 4.77. The maximum absolute atomic E-state index is 12.3. The molecule has 5 nitrogen and oxygen atoms in total. The van der Waals surface area contributed by atoms with E-state index in [0.29, 0.717) is 11.4 Å². The highest BCUT2D eigenvalue weighted by Crippen LogP contribution is 2.20. The van der Waals surface area contributed by atoms with Gasteiger partial charge >= 0.3 is 0 Å². The quantitative estimate of drug-likeness (QED) is 0.905. The van der Waals surface area contributed by atoms with E-state index in [2.05, 4.69) is 5.32 Å². The van der Waals surface area contributed by atoms with E-state index in [0.717, 1.165) is 27.3 Å². The second-order valence-electron chi connectivity index (χ2n) is 5.98. The van der Waals surface area contributed by atoms with Crippen molar-refractivity contribution >= 4 is 27.3 Å². The zero-order valence-electron chi connectivity index (χ0n) is 14.3. The summed E-state index contributed by atoms with van der Waals surface area (Å²) in [5, 5.41) is 2.78. The van der Waals surface area contributed by atoms with Gasteiger partial charge in [0.1, 0.15) is 6.54 Å². The molecule has 0 atom stereocenters. The second-order valence-corrected chi connectivity index (χ2v) is 7.88. The Balaban J connectivity index is 2.22. The summed E-state index contributed by atoms with van der Waals surface area (Å²) in [5.41, 5.74) is 4.13.